The number of aromatic nitrogens is 1. The van der Waals surface area contributed by atoms with E-state index in [1.807, 2.05) is 12.1 Å². The molecule has 2 N–H and O–H groups in total. The second kappa shape index (κ2) is 8.21. The van der Waals surface area contributed by atoms with E-state index >= 15 is 0 Å². The van der Waals surface area contributed by atoms with Gasteiger partial charge in [0.1, 0.15) is 22.5 Å². The smallest absolute Gasteiger partial charge is 0.255 e. The van der Waals surface area contributed by atoms with E-state index < -0.39 is 11.0 Å². The van der Waals surface area contributed by atoms with Crippen LogP contribution >= 0.6 is 34.2 Å². The summed E-state index contributed by atoms with van der Waals surface area (Å²) in [5.74, 6) is 1.14. The van der Waals surface area contributed by atoms with Crippen LogP contribution in [0.2, 0.25) is 5.02 Å². The summed E-state index contributed by atoms with van der Waals surface area (Å²) in [5, 5.41) is 3.65. The summed E-state index contributed by atoms with van der Waals surface area (Å²) in [6.45, 7) is 1.79. The SMILES string of the molecule is CCS(=O)Nc1c(OC)cc(=O)n(C)c1Nc1ccc(I)cc1Cl. The molecular formula is C15H17ClIN3O3S. The van der Waals surface area contributed by atoms with Crippen molar-refractivity contribution in [2.24, 2.45) is 7.05 Å². The lowest BCUT2D eigenvalue weighted by molar-refractivity contribution is 0.415. The fourth-order valence-electron chi connectivity index (χ4n) is 1.99. The number of anilines is 3. The highest BCUT2D eigenvalue weighted by molar-refractivity contribution is 14.1. The molecule has 0 aliphatic carbocycles. The molecule has 9 heteroatoms. The van der Waals surface area contributed by atoms with Crippen molar-refractivity contribution in [3.8, 4) is 5.75 Å². The van der Waals surface area contributed by atoms with Crippen LogP contribution in [0.5, 0.6) is 5.75 Å². The van der Waals surface area contributed by atoms with Gasteiger partial charge in [-0.05, 0) is 40.8 Å². The molecule has 1 atom stereocenters. The van der Waals surface area contributed by atoms with Gasteiger partial charge >= 0.3 is 0 Å². The van der Waals surface area contributed by atoms with E-state index in [0.29, 0.717) is 33.7 Å². The third-order valence-electron chi connectivity index (χ3n) is 3.29. The maximum atomic E-state index is 12.2. The van der Waals surface area contributed by atoms with Crippen molar-refractivity contribution < 1.29 is 8.95 Å². The number of pyridine rings is 1. The molecule has 0 spiro atoms. The summed E-state index contributed by atoms with van der Waals surface area (Å²) in [7, 11) is 1.77. The molecule has 1 aromatic carbocycles. The molecule has 0 fully saturated rings. The van der Waals surface area contributed by atoms with E-state index in [1.54, 1.807) is 20.0 Å². The predicted molar refractivity (Wildman–Crippen MR) is 108 cm³/mol. The lowest BCUT2D eigenvalue weighted by Gasteiger charge is -2.19. The number of benzene rings is 1. The molecule has 0 amide bonds. The Hall–Kier alpha value is -1.26. The molecule has 0 radical (unpaired) electrons. The van der Waals surface area contributed by atoms with Gasteiger partial charge in [0, 0.05) is 22.4 Å². The molecule has 0 aliphatic heterocycles. The summed E-state index contributed by atoms with van der Waals surface area (Å²) in [6.07, 6.45) is 0. The molecule has 0 saturated carbocycles. The van der Waals surface area contributed by atoms with Crippen LogP contribution in [0.1, 0.15) is 6.92 Å². The van der Waals surface area contributed by atoms with Crippen molar-refractivity contribution in [1.82, 2.24) is 4.57 Å². The first kappa shape index (κ1) is 19.1. The van der Waals surface area contributed by atoms with Gasteiger partial charge < -0.3 is 10.1 Å². The minimum Gasteiger partial charge on any atom is -0.494 e. The van der Waals surface area contributed by atoms with Gasteiger partial charge in [-0.25, -0.2) is 4.21 Å². The van der Waals surface area contributed by atoms with Crippen LogP contribution in [0, 0.1) is 3.57 Å². The van der Waals surface area contributed by atoms with Crippen molar-refractivity contribution >= 4 is 62.4 Å². The number of methoxy groups -OCH3 is 1. The summed E-state index contributed by atoms with van der Waals surface area (Å²) in [6, 6.07) is 6.86. The Morgan fingerprint density at radius 2 is 2.08 bits per heavy atom. The second-order valence-electron chi connectivity index (χ2n) is 4.82. The van der Waals surface area contributed by atoms with Crippen LogP contribution in [0.3, 0.4) is 0 Å². The first-order valence-corrected chi connectivity index (χ1v) is 9.80. The molecule has 1 heterocycles. The van der Waals surface area contributed by atoms with Gasteiger partial charge in [0.05, 0.1) is 17.8 Å². The van der Waals surface area contributed by atoms with E-state index in [-0.39, 0.29) is 5.56 Å². The van der Waals surface area contributed by atoms with Crippen LogP contribution in [-0.4, -0.2) is 21.6 Å². The molecule has 130 valence electrons. The zero-order chi connectivity index (χ0) is 17.9. The fraction of sp³-hybridized carbons (Fsp3) is 0.267. The third kappa shape index (κ3) is 4.22. The zero-order valence-corrected chi connectivity index (χ0v) is 17.1. The van der Waals surface area contributed by atoms with E-state index in [9.17, 15) is 9.00 Å². The number of halogens is 2. The summed E-state index contributed by atoms with van der Waals surface area (Å²) >= 11 is 8.43. The van der Waals surface area contributed by atoms with Gasteiger partial charge in [0.25, 0.3) is 5.56 Å². The lowest BCUT2D eigenvalue weighted by Crippen LogP contribution is -2.22. The van der Waals surface area contributed by atoms with Crippen LogP contribution in [-0.2, 0) is 18.0 Å². The predicted octanol–water partition coefficient (Wildman–Crippen LogP) is 3.49. The van der Waals surface area contributed by atoms with E-state index in [4.69, 9.17) is 16.3 Å². The highest BCUT2D eigenvalue weighted by Gasteiger charge is 2.17. The lowest BCUT2D eigenvalue weighted by atomic mass is 10.3. The number of hydrogen-bond donors (Lipinski definition) is 2. The number of hydrogen-bond acceptors (Lipinski definition) is 4. The van der Waals surface area contributed by atoms with Gasteiger partial charge in [-0.3, -0.25) is 14.1 Å². The Labute approximate surface area is 161 Å². The first-order chi connectivity index (χ1) is 11.4. The molecule has 24 heavy (non-hydrogen) atoms. The molecule has 1 aromatic heterocycles. The molecule has 0 saturated heterocycles. The Morgan fingerprint density at radius 3 is 2.67 bits per heavy atom. The molecule has 0 bridgehead atoms. The highest BCUT2D eigenvalue weighted by atomic mass is 127. The maximum absolute atomic E-state index is 12.2. The number of nitrogens with zero attached hydrogens (tertiary/aromatic N) is 1. The van der Waals surface area contributed by atoms with Crippen LogP contribution in [0.15, 0.2) is 29.1 Å². The monoisotopic (exact) mass is 481 g/mol. The third-order valence-corrected chi connectivity index (χ3v) is 5.23. The topological polar surface area (TPSA) is 72.4 Å². The number of ether oxygens (including phenoxy) is 1. The standard InChI is InChI=1S/C15H17ClIN3O3S/c1-4-24(22)19-14-12(23-3)8-13(21)20(2)15(14)18-11-6-5-9(17)7-10(11)16/h5-8,18-19H,4H2,1-3H3. The molecule has 6 nitrogen and oxygen atoms in total. The molecule has 2 rings (SSSR count). The van der Waals surface area contributed by atoms with E-state index in [1.165, 1.54) is 17.7 Å². The van der Waals surface area contributed by atoms with Crippen LogP contribution < -0.4 is 20.3 Å². The first-order valence-electron chi connectivity index (χ1n) is 7.02. The van der Waals surface area contributed by atoms with Gasteiger partial charge in [-0.15, -0.1) is 0 Å². The number of nitrogens with one attached hydrogen (secondary N) is 2. The quantitative estimate of drug-likeness (QED) is 0.620. The molecular weight excluding hydrogens is 465 g/mol. The van der Waals surface area contributed by atoms with E-state index in [2.05, 4.69) is 32.6 Å². The second-order valence-corrected chi connectivity index (χ2v) is 7.94. The Morgan fingerprint density at radius 1 is 1.38 bits per heavy atom. The molecule has 0 aliphatic rings. The highest BCUT2D eigenvalue weighted by Crippen LogP contribution is 2.35. The average molecular weight is 482 g/mol. The minimum absolute atomic E-state index is 0.260. The average Bonchev–Trinajstić information content (AvgIpc) is 2.55. The minimum atomic E-state index is -1.30. The fourth-order valence-corrected chi connectivity index (χ4v) is 3.46. The van der Waals surface area contributed by atoms with Crippen molar-refractivity contribution in [2.75, 3.05) is 22.9 Å². The maximum Gasteiger partial charge on any atom is 0.255 e. The van der Waals surface area contributed by atoms with Crippen LogP contribution in [0.4, 0.5) is 17.2 Å². The van der Waals surface area contributed by atoms with Crippen molar-refractivity contribution in [1.29, 1.82) is 0 Å². The number of rotatable bonds is 6. The zero-order valence-electron chi connectivity index (χ0n) is 13.4. The largest absolute Gasteiger partial charge is 0.494 e. The summed E-state index contributed by atoms with van der Waals surface area (Å²) in [5.41, 5.74) is 0.809. The Balaban J connectivity index is 2.59. The summed E-state index contributed by atoms with van der Waals surface area (Å²) < 4.78 is 22.5. The molecule has 2 aromatic rings. The van der Waals surface area contributed by atoms with Crippen LogP contribution in [0.25, 0.3) is 0 Å². The van der Waals surface area contributed by atoms with Gasteiger partial charge in [-0.2, -0.15) is 0 Å². The van der Waals surface area contributed by atoms with Gasteiger partial charge in [0.15, 0.2) is 5.75 Å². The Kier molecular flexibility index (Phi) is 6.53. The van der Waals surface area contributed by atoms with Gasteiger partial charge in [-0.1, -0.05) is 18.5 Å². The van der Waals surface area contributed by atoms with Crippen molar-refractivity contribution in [3.63, 3.8) is 0 Å². The summed E-state index contributed by atoms with van der Waals surface area (Å²) in [4.78, 5) is 12.2. The van der Waals surface area contributed by atoms with Crippen molar-refractivity contribution in [3.05, 3.63) is 43.2 Å². The van der Waals surface area contributed by atoms with Gasteiger partial charge in [0.2, 0.25) is 0 Å². The van der Waals surface area contributed by atoms with E-state index in [0.717, 1.165) is 3.57 Å². The normalized spacial score (nSPS) is 11.9. The Bertz CT molecular complexity index is 841. The van der Waals surface area contributed by atoms with Crippen molar-refractivity contribution in [2.45, 2.75) is 6.92 Å². The molecule has 1 unspecified atom stereocenters.